The molecule has 0 aliphatic rings. The highest BCUT2D eigenvalue weighted by molar-refractivity contribution is 7.91. The Balaban J connectivity index is 2.52. The van der Waals surface area contributed by atoms with E-state index in [0.29, 0.717) is 36.1 Å². The fourth-order valence-corrected chi connectivity index (χ4v) is 3.50. The molecule has 0 aliphatic carbocycles. The summed E-state index contributed by atoms with van der Waals surface area (Å²) in [5.41, 5.74) is 0.690. The summed E-state index contributed by atoms with van der Waals surface area (Å²) in [6.45, 7) is 8.27. The molecule has 0 unspecified atom stereocenters. The standard InChI is InChI=1S/C16H27NO3S/c1-4-12-21(18,19)16-9-6-5-8-15(16)17-10-7-11-20-13-14(2)3/h5-6,8-9,14,17H,4,7,10-13H2,1-3H3. The second-order valence-electron chi connectivity index (χ2n) is 5.56. The lowest BCUT2D eigenvalue weighted by molar-refractivity contribution is 0.110. The van der Waals surface area contributed by atoms with Crippen molar-refractivity contribution in [2.45, 2.75) is 38.5 Å². The minimum absolute atomic E-state index is 0.184. The molecule has 0 heterocycles. The van der Waals surface area contributed by atoms with Crippen molar-refractivity contribution in [1.29, 1.82) is 0 Å². The summed E-state index contributed by atoms with van der Waals surface area (Å²) in [5, 5.41) is 3.21. The van der Waals surface area contributed by atoms with Crippen molar-refractivity contribution in [2.24, 2.45) is 5.92 Å². The maximum atomic E-state index is 12.2. The Kier molecular flexibility index (Phi) is 7.75. The third-order valence-electron chi connectivity index (χ3n) is 2.93. The van der Waals surface area contributed by atoms with E-state index >= 15 is 0 Å². The van der Waals surface area contributed by atoms with Gasteiger partial charge in [-0.25, -0.2) is 8.42 Å². The molecule has 0 bridgehead atoms. The molecule has 0 radical (unpaired) electrons. The molecule has 0 spiro atoms. The number of benzene rings is 1. The van der Waals surface area contributed by atoms with Gasteiger partial charge in [0.05, 0.1) is 16.3 Å². The van der Waals surface area contributed by atoms with Crippen LogP contribution >= 0.6 is 0 Å². The summed E-state index contributed by atoms with van der Waals surface area (Å²) in [7, 11) is -3.19. The van der Waals surface area contributed by atoms with E-state index in [2.05, 4.69) is 19.2 Å². The Labute approximate surface area is 128 Å². The van der Waals surface area contributed by atoms with Crippen molar-refractivity contribution in [3.05, 3.63) is 24.3 Å². The Bertz CT molecular complexity index is 512. The van der Waals surface area contributed by atoms with E-state index in [9.17, 15) is 8.42 Å². The predicted molar refractivity (Wildman–Crippen MR) is 87.5 cm³/mol. The van der Waals surface area contributed by atoms with E-state index < -0.39 is 9.84 Å². The van der Waals surface area contributed by atoms with Crippen LogP contribution in [0.25, 0.3) is 0 Å². The summed E-state index contributed by atoms with van der Waals surface area (Å²) < 4.78 is 29.9. The third kappa shape index (κ3) is 6.48. The molecule has 1 aromatic carbocycles. The van der Waals surface area contributed by atoms with Gasteiger partial charge in [-0.15, -0.1) is 0 Å². The van der Waals surface area contributed by atoms with Gasteiger partial charge >= 0.3 is 0 Å². The summed E-state index contributed by atoms with van der Waals surface area (Å²) in [5.74, 6) is 0.723. The Morgan fingerprint density at radius 3 is 2.62 bits per heavy atom. The van der Waals surface area contributed by atoms with Crippen LogP contribution in [-0.4, -0.2) is 33.9 Å². The lowest BCUT2D eigenvalue weighted by Crippen LogP contribution is -2.12. The predicted octanol–water partition coefficient (Wildman–Crippen LogP) is 3.34. The number of hydrogen-bond acceptors (Lipinski definition) is 4. The molecule has 1 rings (SSSR count). The first kappa shape index (κ1) is 18.0. The van der Waals surface area contributed by atoms with Crippen LogP contribution in [0.2, 0.25) is 0 Å². The number of para-hydroxylation sites is 1. The number of anilines is 1. The highest BCUT2D eigenvalue weighted by Crippen LogP contribution is 2.22. The summed E-state index contributed by atoms with van der Waals surface area (Å²) >= 11 is 0. The van der Waals surface area contributed by atoms with Crippen molar-refractivity contribution in [3.63, 3.8) is 0 Å². The minimum Gasteiger partial charge on any atom is -0.384 e. The molecule has 1 aromatic rings. The molecule has 0 atom stereocenters. The molecular weight excluding hydrogens is 286 g/mol. The SMILES string of the molecule is CCCS(=O)(=O)c1ccccc1NCCCOCC(C)C. The Morgan fingerprint density at radius 1 is 1.24 bits per heavy atom. The van der Waals surface area contributed by atoms with Crippen molar-refractivity contribution in [2.75, 3.05) is 30.8 Å². The zero-order valence-corrected chi connectivity index (χ0v) is 14.1. The zero-order valence-electron chi connectivity index (χ0n) is 13.3. The van der Waals surface area contributed by atoms with Crippen LogP contribution in [0, 0.1) is 5.92 Å². The molecule has 0 saturated heterocycles. The molecule has 0 aromatic heterocycles. The molecule has 0 aliphatic heterocycles. The molecule has 5 heteroatoms. The molecule has 0 fully saturated rings. The van der Waals surface area contributed by atoms with Gasteiger partial charge in [0, 0.05) is 19.8 Å². The van der Waals surface area contributed by atoms with E-state index in [4.69, 9.17) is 4.74 Å². The number of hydrogen-bond donors (Lipinski definition) is 1. The maximum absolute atomic E-state index is 12.2. The van der Waals surface area contributed by atoms with Gasteiger partial charge in [-0.1, -0.05) is 32.9 Å². The van der Waals surface area contributed by atoms with Crippen LogP contribution in [-0.2, 0) is 14.6 Å². The van der Waals surface area contributed by atoms with Crippen LogP contribution in [0.5, 0.6) is 0 Å². The molecule has 0 saturated carbocycles. The lowest BCUT2D eigenvalue weighted by Gasteiger charge is -2.12. The van der Waals surface area contributed by atoms with Crippen LogP contribution < -0.4 is 5.32 Å². The van der Waals surface area contributed by atoms with E-state index in [0.717, 1.165) is 13.0 Å². The summed E-state index contributed by atoms with van der Waals surface area (Å²) in [6.07, 6.45) is 1.48. The molecular formula is C16H27NO3S. The van der Waals surface area contributed by atoms with Gasteiger partial charge in [-0.2, -0.15) is 0 Å². The first-order valence-corrected chi connectivity index (χ1v) is 9.26. The van der Waals surface area contributed by atoms with E-state index in [1.54, 1.807) is 12.1 Å². The number of sulfone groups is 1. The second kappa shape index (κ2) is 9.05. The summed E-state index contributed by atoms with van der Waals surface area (Å²) in [4.78, 5) is 0.398. The summed E-state index contributed by atoms with van der Waals surface area (Å²) in [6, 6.07) is 7.10. The van der Waals surface area contributed by atoms with E-state index in [-0.39, 0.29) is 5.75 Å². The number of nitrogens with one attached hydrogen (secondary N) is 1. The monoisotopic (exact) mass is 313 g/mol. The van der Waals surface area contributed by atoms with Gasteiger partial charge < -0.3 is 10.1 Å². The zero-order chi connectivity index (χ0) is 15.7. The van der Waals surface area contributed by atoms with Gasteiger partial charge in [0.25, 0.3) is 0 Å². The van der Waals surface area contributed by atoms with E-state index in [1.807, 2.05) is 19.1 Å². The van der Waals surface area contributed by atoms with Crippen LogP contribution in [0.3, 0.4) is 0 Å². The molecule has 4 nitrogen and oxygen atoms in total. The highest BCUT2D eigenvalue weighted by atomic mass is 32.2. The van der Waals surface area contributed by atoms with E-state index in [1.165, 1.54) is 0 Å². The minimum atomic E-state index is -3.19. The second-order valence-corrected chi connectivity index (χ2v) is 7.64. The first-order valence-electron chi connectivity index (χ1n) is 7.60. The van der Waals surface area contributed by atoms with Crippen LogP contribution in [0.15, 0.2) is 29.2 Å². The number of rotatable bonds is 10. The van der Waals surface area contributed by atoms with Crippen molar-refractivity contribution >= 4 is 15.5 Å². The third-order valence-corrected chi connectivity index (χ3v) is 4.90. The van der Waals surface area contributed by atoms with Crippen molar-refractivity contribution in [3.8, 4) is 0 Å². The van der Waals surface area contributed by atoms with Gasteiger partial charge in [0.15, 0.2) is 9.84 Å². The fraction of sp³-hybridized carbons (Fsp3) is 0.625. The lowest BCUT2D eigenvalue weighted by atomic mass is 10.2. The topological polar surface area (TPSA) is 55.4 Å². The van der Waals surface area contributed by atoms with Crippen molar-refractivity contribution < 1.29 is 13.2 Å². The van der Waals surface area contributed by atoms with Gasteiger partial charge in [-0.3, -0.25) is 0 Å². The maximum Gasteiger partial charge on any atom is 0.180 e. The largest absolute Gasteiger partial charge is 0.384 e. The van der Waals surface area contributed by atoms with Crippen LogP contribution in [0.1, 0.15) is 33.6 Å². The Morgan fingerprint density at radius 2 is 1.95 bits per heavy atom. The van der Waals surface area contributed by atoms with Crippen molar-refractivity contribution in [1.82, 2.24) is 0 Å². The fourth-order valence-electron chi connectivity index (χ4n) is 1.98. The van der Waals surface area contributed by atoms with Gasteiger partial charge in [0.1, 0.15) is 0 Å². The highest BCUT2D eigenvalue weighted by Gasteiger charge is 2.16. The van der Waals surface area contributed by atoms with Crippen LogP contribution in [0.4, 0.5) is 5.69 Å². The molecule has 1 N–H and O–H groups in total. The Hall–Kier alpha value is -1.07. The van der Waals surface area contributed by atoms with Gasteiger partial charge in [0.2, 0.25) is 0 Å². The smallest absolute Gasteiger partial charge is 0.180 e. The molecule has 21 heavy (non-hydrogen) atoms. The quantitative estimate of drug-likeness (QED) is 0.673. The normalized spacial score (nSPS) is 11.8. The van der Waals surface area contributed by atoms with Gasteiger partial charge in [-0.05, 0) is 30.9 Å². The molecule has 120 valence electrons. The molecule has 0 amide bonds. The number of ether oxygens (including phenoxy) is 1. The average Bonchev–Trinajstić information content (AvgIpc) is 2.42. The first-order chi connectivity index (χ1) is 9.97. The average molecular weight is 313 g/mol.